The number of nitrogens with one attached hydrogen (secondary N) is 2. The van der Waals surface area contributed by atoms with Crippen LogP contribution >= 0.6 is 0 Å². The molecule has 0 aromatic carbocycles. The molecule has 7 nitrogen and oxygen atoms in total. The second-order valence-electron chi connectivity index (χ2n) is 6.73. The predicted octanol–water partition coefficient (Wildman–Crippen LogP) is 0.293. The van der Waals surface area contributed by atoms with Crippen LogP contribution in [-0.4, -0.2) is 65.9 Å². The number of hydrogen-bond acceptors (Lipinski definition) is 4. The van der Waals surface area contributed by atoms with Gasteiger partial charge in [-0.2, -0.15) is 0 Å². The number of piperazine rings is 1. The van der Waals surface area contributed by atoms with Crippen molar-refractivity contribution in [2.45, 2.75) is 26.3 Å². The maximum atomic E-state index is 12.8. The van der Waals surface area contributed by atoms with Crippen molar-refractivity contribution < 1.29 is 9.59 Å². The van der Waals surface area contributed by atoms with Gasteiger partial charge in [-0.15, -0.1) is 0 Å². The lowest BCUT2D eigenvalue weighted by atomic mass is 10.0. The molecule has 2 rings (SSSR count). The number of pyridine rings is 1. The number of rotatable bonds is 5. The minimum Gasteiger partial charge on any atom is -0.340 e. The number of likely N-dealkylation sites (N-methyl/N-ethyl adjacent to an activating group) is 1. The molecule has 2 amide bonds. The third-order valence-corrected chi connectivity index (χ3v) is 4.17. The largest absolute Gasteiger partial charge is 0.340 e. The molecule has 1 fully saturated rings. The Morgan fingerprint density at radius 2 is 1.88 bits per heavy atom. The Balaban J connectivity index is 2.06. The van der Waals surface area contributed by atoms with Gasteiger partial charge < -0.3 is 20.1 Å². The first kappa shape index (κ1) is 18.2. The molecule has 24 heavy (non-hydrogen) atoms. The zero-order valence-electron chi connectivity index (χ0n) is 14.5. The predicted molar refractivity (Wildman–Crippen MR) is 91.8 cm³/mol. The zero-order chi connectivity index (χ0) is 17.7. The Morgan fingerprint density at radius 3 is 2.42 bits per heavy atom. The standard InChI is InChI=1S/C17H26N4O3/c1-12(2)10-14(17(24)21-8-6-20(3)7-9-21)19-16(23)13-4-5-15(22)18-11-13/h4-5,11-12,14H,6-10H2,1-3H3,(H,18,22)(H,19,23). The quantitative estimate of drug-likeness (QED) is 0.811. The lowest BCUT2D eigenvalue weighted by Gasteiger charge is -2.35. The molecule has 2 N–H and O–H groups in total. The van der Waals surface area contributed by atoms with Gasteiger partial charge in [-0.05, 0) is 25.5 Å². The molecule has 1 atom stereocenters. The summed E-state index contributed by atoms with van der Waals surface area (Å²) >= 11 is 0. The van der Waals surface area contributed by atoms with Crippen LogP contribution in [0.2, 0.25) is 0 Å². The molecule has 1 unspecified atom stereocenters. The fourth-order valence-electron chi connectivity index (χ4n) is 2.73. The van der Waals surface area contributed by atoms with Gasteiger partial charge in [0.1, 0.15) is 6.04 Å². The van der Waals surface area contributed by atoms with Gasteiger partial charge in [0.15, 0.2) is 0 Å². The summed E-state index contributed by atoms with van der Waals surface area (Å²) in [6, 6.07) is 2.21. The van der Waals surface area contributed by atoms with Crippen molar-refractivity contribution in [3.8, 4) is 0 Å². The van der Waals surface area contributed by atoms with E-state index < -0.39 is 6.04 Å². The van der Waals surface area contributed by atoms with E-state index in [-0.39, 0.29) is 23.3 Å². The number of aromatic nitrogens is 1. The van der Waals surface area contributed by atoms with Crippen LogP contribution in [0.25, 0.3) is 0 Å². The molecule has 2 heterocycles. The van der Waals surface area contributed by atoms with Gasteiger partial charge in [-0.1, -0.05) is 13.8 Å². The van der Waals surface area contributed by atoms with E-state index in [1.165, 1.54) is 18.3 Å². The van der Waals surface area contributed by atoms with Crippen LogP contribution in [0, 0.1) is 5.92 Å². The molecule has 1 aliphatic rings. The fourth-order valence-corrected chi connectivity index (χ4v) is 2.73. The monoisotopic (exact) mass is 334 g/mol. The van der Waals surface area contributed by atoms with Crippen molar-refractivity contribution in [2.75, 3.05) is 33.2 Å². The van der Waals surface area contributed by atoms with Crippen molar-refractivity contribution in [2.24, 2.45) is 5.92 Å². The molecule has 1 saturated heterocycles. The number of hydrogen-bond donors (Lipinski definition) is 2. The van der Waals surface area contributed by atoms with Crippen LogP contribution in [0.5, 0.6) is 0 Å². The van der Waals surface area contributed by atoms with E-state index in [9.17, 15) is 14.4 Å². The third-order valence-electron chi connectivity index (χ3n) is 4.17. The first-order valence-corrected chi connectivity index (χ1v) is 8.33. The number of carbonyl (C=O) groups is 2. The SMILES string of the molecule is CC(C)CC(NC(=O)c1ccc(=O)[nH]c1)C(=O)N1CCN(C)CC1. The van der Waals surface area contributed by atoms with Gasteiger partial charge >= 0.3 is 0 Å². The Bertz CT molecular complexity index is 612. The number of nitrogens with zero attached hydrogens (tertiary/aromatic N) is 2. The number of H-pyrrole nitrogens is 1. The van der Waals surface area contributed by atoms with Crippen LogP contribution in [-0.2, 0) is 4.79 Å². The van der Waals surface area contributed by atoms with Crippen LogP contribution < -0.4 is 10.9 Å². The summed E-state index contributed by atoms with van der Waals surface area (Å²) in [5.41, 5.74) is 0.0772. The van der Waals surface area contributed by atoms with Crippen LogP contribution in [0.1, 0.15) is 30.6 Å². The number of carbonyl (C=O) groups excluding carboxylic acids is 2. The van der Waals surface area contributed by atoms with Gasteiger partial charge in [0.2, 0.25) is 11.5 Å². The van der Waals surface area contributed by atoms with Crippen molar-refractivity contribution in [1.82, 2.24) is 20.1 Å². The van der Waals surface area contributed by atoms with E-state index in [4.69, 9.17) is 0 Å². The average Bonchev–Trinajstić information content (AvgIpc) is 2.54. The van der Waals surface area contributed by atoms with Gasteiger partial charge in [0, 0.05) is 38.4 Å². The van der Waals surface area contributed by atoms with Gasteiger partial charge in [-0.3, -0.25) is 14.4 Å². The molecule has 1 aromatic heterocycles. The van der Waals surface area contributed by atoms with Gasteiger partial charge in [0.25, 0.3) is 5.91 Å². The molecular formula is C17H26N4O3. The summed E-state index contributed by atoms with van der Waals surface area (Å²) in [6.45, 7) is 7.09. The first-order chi connectivity index (χ1) is 11.4. The summed E-state index contributed by atoms with van der Waals surface area (Å²) in [5, 5.41) is 2.83. The molecule has 1 aliphatic heterocycles. The smallest absolute Gasteiger partial charge is 0.253 e. The van der Waals surface area contributed by atoms with Crippen LogP contribution in [0.15, 0.2) is 23.1 Å². The minimum absolute atomic E-state index is 0.0328. The van der Waals surface area contributed by atoms with E-state index in [1.54, 1.807) is 0 Å². The van der Waals surface area contributed by atoms with E-state index in [0.29, 0.717) is 25.1 Å². The fraction of sp³-hybridized carbons (Fsp3) is 0.588. The highest BCUT2D eigenvalue weighted by Crippen LogP contribution is 2.11. The Kier molecular flexibility index (Phi) is 6.14. The van der Waals surface area contributed by atoms with Crippen molar-refractivity contribution >= 4 is 11.8 Å². The molecule has 0 bridgehead atoms. The third kappa shape index (κ3) is 4.92. The Morgan fingerprint density at radius 1 is 1.21 bits per heavy atom. The lowest BCUT2D eigenvalue weighted by molar-refractivity contribution is -0.135. The molecule has 7 heteroatoms. The lowest BCUT2D eigenvalue weighted by Crippen LogP contribution is -2.54. The second-order valence-corrected chi connectivity index (χ2v) is 6.73. The molecular weight excluding hydrogens is 308 g/mol. The Labute approximate surface area is 142 Å². The zero-order valence-corrected chi connectivity index (χ0v) is 14.5. The summed E-state index contributed by atoms with van der Waals surface area (Å²) in [5.74, 6) is -0.101. The first-order valence-electron chi connectivity index (χ1n) is 8.33. The number of aromatic amines is 1. The van der Waals surface area contributed by atoms with Crippen molar-refractivity contribution in [3.63, 3.8) is 0 Å². The maximum Gasteiger partial charge on any atom is 0.253 e. The summed E-state index contributed by atoms with van der Waals surface area (Å²) in [6.07, 6.45) is 1.95. The topological polar surface area (TPSA) is 85.5 Å². The van der Waals surface area contributed by atoms with Crippen molar-refractivity contribution in [1.29, 1.82) is 0 Å². The van der Waals surface area contributed by atoms with E-state index in [1.807, 2.05) is 25.8 Å². The molecule has 0 aliphatic carbocycles. The number of amides is 2. The summed E-state index contributed by atoms with van der Waals surface area (Å²) in [4.78, 5) is 42.7. The average molecular weight is 334 g/mol. The normalized spacial score (nSPS) is 16.9. The Hall–Kier alpha value is -2.15. The molecule has 1 aromatic rings. The molecule has 0 spiro atoms. The highest BCUT2D eigenvalue weighted by molar-refractivity contribution is 5.97. The van der Waals surface area contributed by atoms with Crippen LogP contribution in [0.3, 0.4) is 0 Å². The van der Waals surface area contributed by atoms with E-state index >= 15 is 0 Å². The molecule has 132 valence electrons. The van der Waals surface area contributed by atoms with E-state index in [2.05, 4.69) is 15.2 Å². The van der Waals surface area contributed by atoms with Gasteiger partial charge in [0.05, 0.1) is 5.56 Å². The summed E-state index contributed by atoms with van der Waals surface area (Å²) < 4.78 is 0. The van der Waals surface area contributed by atoms with Crippen LogP contribution in [0.4, 0.5) is 0 Å². The molecule has 0 radical (unpaired) electrons. The van der Waals surface area contributed by atoms with E-state index in [0.717, 1.165) is 13.1 Å². The second kappa shape index (κ2) is 8.10. The summed E-state index contributed by atoms with van der Waals surface area (Å²) in [7, 11) is 2.03. The van der Waals surface area contributed by atoms with Gasteiger partial charge in [-0.25, -0.2) is 0 Å². The highest BCUT2D eigenvalue weighted by atomic mass is 16.2. The molecule has 0 saturated carbocycles. The van der Waals surface area contributed by atoms with Crippen molar-refractivity contribution in [3.05, 3.63) is 34.2 Å². The maximum absolute atomic E-state index is 12.8. The highest BCUT2D eigenvalue weighted by Gasteiger charge is 2.28. The minimum atomic E-state index is -0.548.